The molecule has 2 aromatic rings. The number of Topliss-reactive ketones (excluding diaryl/α,β-unsaturated/α-hetero) is 2. The molecule has 0 bridgehead atoms. The number of H-pyrrole nitrogens is 1. The number of esters is 1. The Balaban J connectivity index is 2.02. The maximum absolute atomic E-state index is 12.3. The van der Waals surface area contributed by atoms with Gasteiger partial charge in [0.25, 0.3) is 0 Å². The van der Waals surface area contributed by atoms with Crippen molar-refractivity contribution < 1.29 is 19.1 Å². The van der Waals surface area contributed by atoms with Crippen molar-refractivity contribution in [3.63, 3.8) is 0 Å². The second-order valence-electron chi connectivity index (χ2n) is 6.98. The zero-order valence-corrected chi connectivity index (χ0v) is 15.9. The number of nitrogens with one attached hydrogen (secondary N) is 1. The molecule has 0 aliphatic rings. The minimum Gasteiger partial charge on any atom is -0.454 e. The van der Waals surface area contributed by atoms with Gasteiger partial charge in [-0.3, -0.25) is 9.59 Å². The van der Waals surface area contributed by atoms with Crippen LogP contribution in [0.1, 0.15) is 68.8 Å². The predicted molar refractivity (Wildman–Crippen MR) is 99.9 cm³/mol. The fraction of sp³-hybridized carbons (Fsp3) is 0.381. The summed E-state index contributed by atoms with van der Waals surface area (Å²) in [6, 6.07) is 7.22. The number of rotatable bonds is 7. The molecule has 0 amide bonds. The average Bonchev–Trinajstić information content (AvgIpc) is 2.87. The molecule has 0 radical (unpaired) electrons. The van der Waals surface area contributed by atoms with Gasteiger partial charge in [0.2, 0.25) is 5.78 Å². The Morgan fingerprint density at radius 3 is 2.19 bits per heavy atom. The molecule has 5 heteroatoms. The Morgan fingerprint density at radius 2 is 1.69 bits per heavy atom. The molecule has 26 heavy (non-hydrogen) atoms. The van der Waals surface area contributed by atoms with Crippen LogP contribution in [-0.2, 0) is 11.2 Å². The lowest BCUT2D eigenvalue weighted by molar-refractivity contribution is 0.0473. The number of hydrogen-bond donors (Lipinski definition) is 1. The van der Waals surface area contributed by atoms with E-state index in [1.807, 2.05) is 12.1 Å². The lowest BCUT2D eigenvalue weighted by Gasteiger charge is -2.07. The molecule has 1 heterocycles. The Bertz CT molecular complexity index is 828. The molecular weight excluding hydrogens is 330 g/mol. The number of carbonyl (C=O) groups is 3. The van der Waals surface area contributed by atoms with Crippen molar-refractivity contribution in [3.05, 3.63) is 57.9 Å². The largest absolute Gasteiger partial charge is 0.454 e. The third kappa shape index (κ3) is 4.48. The van der Waals surface area contributed by atoms with Crippen molar-refractivity contribution in [2.24, 2.45) is 5.92 Å². The number of ether oxygens (including phenoxy) is 1. The summed E-state index contributed by atoms with van der Waals surface area (Å²) in [5, 5.41) is 0. The highest BCUT2D eigenvalue weighted by Crippen LogP contribution is 2.19. The number of benzene rings is 1. The third-order valence-corrected chi connectivity index (χ3v) is 4.24. The third-order valence-electron chi connectivity index (χ3n) is 4.24. The lowest BCUT2D eigenvalue weighted by atomic mass is 10.0. The summed E-state index contributed by atoms with van der Waals surface area (Å²) in [6.45, 7) is 8.81. The minimum atomic E-state index is -0.540. The van der Waals surface area contributed by atoms with Crippen molar-refractivity contribution in [1.82, 2.24) is 4.98 Å². The van der Waals surface area contributed by atoms with E-state index in [1.54, 1.807) is 26.0 Å². The number of carbonyl (C=O) groups excluding carboxylic acids is 3. The topological polar surface area (TPSA) is 76.2 Å². The summed E-state index contributed by atoms with van der Waals surface area (Å²) in [5.74, 6) is -0.461. The van der Waals surface area contributed by atoms with Gasteiger partial charge in [0.1, 0.15) is 0 Å². The molecule has 0 saturated heterocycles. The molecule has 138 valence electrons. The van der Waals surface area contributed by atoms with Gasteiger partial charge in [-0.15, -0.1) is 0 Å². The molecule has 2 rings (SSSR count). The van der Waals surface area contributed by atoms with Gasteiger partial charge in [0.05, 0.1) is 11.3 Å². The first kappa shape index (κ1) is 19.6. The second-order valence-corrected chi connectivity index (χ2v) is 6.98. The van der Waals surface area contributed by atoms with E-state index in [0.717, 1.165) is 12.0 Å². The SMILES string of the molecule is CC(=O)c1c(C)[nH]c(C(=O)COC(=O)c2ccc(CC(C)C)cc2)c1C. The number of hydrogen-bond acceptors (Lipinski definition) is 4. The molecule has 5 nitrogen and oxygen atoms in total. The van der Waals surface area contributed by atoms with Crippen LogP contribution in [0.5, 0.6) is 0 Å². The molecule has 0 unspecified atom stereocenters. The van der Waals surface area contributed by atoms with Crippen molar-refractivity contribution in [2.45, 2.75) is 41.0 Å². The van der Waals surface area contributed by atoms with E-state index in [4.69, 9.17) is 4.74 Å². The fourth-order valence-electron chi connectivity index (χ4n) is 3.09. The first-order chi connectivity index (χ1) is 12.2. The number of aromatic amines is 1. The van der Waals surface area contributed by atoms with Crippen LogP contribution >= 0.6 is 0 Å². The normalized spacial score (nSPS) is 10.8. The van der Waals surface area contributed by atoms with E-state index in [1.165, 1.54) is 6.92 Å². The van der Waals surface area contributed by atoms with Gasteiger partial charge in [0, 0.05) is 11.3 Å². The first-order valence-corrected chi connectivity index (χ1v) is 8.70. The van der Waals surface area contributed by atoms with Crippen LogP contribution in [0.15, 0.2) is 24.3 Å². The lowest BCUT2D eigenvalue weighted by Crippen LogP contribution is -2.15. The minimum absolute atomic E-state index is 0.103. The second kappa shape index (κ2) is 8.13. The summed E-state index contributed by atoms with van der Waals surface area (Å²) < 4.78 is 5.14. The molecule has 0 atom stereocenters. The quantitative estimate of drug-likeness (QED) is 0.600. The summed E-state index contributed by atoms with van der Waals surface area (Å²) >= 11 is 0. The van der Waals surface area contributed by atoms with Crippen molar-refractivity contribution in [3.8, 4) is 0 Å². The van der Waals surface area contributed by atoms with Gasteiger partial charge in [-0.05, 0) is 56.4 Å². The predicted octanol–water partition coefficient (Wildman–Crippen LogP) is 4.07. The van der Waals surface area contributed by atoms with Crippen molar-refractivity contribution in [1.29, 1.82) is 0 Å². The molecule has 1 N–H and O–H groups in total. The molecule has 1 aromatic carbocycles. The van der Waals surface area contributed by atoms with Crippen LogP contribution in [0.4, 0.5) is 0 Å². The summed E-state index contributed by atoms with van der Waals surface area (Å²) in [5.41, 5.74) is 3.63. The van der Waals surface area contributed by atoms with Gasteiger partial charge >= 0.3 is 5.97 Å². The Kier molecular flexibility index (Phi) is 6.14. The highest BCUT2D eigenvalue weighted by Gasteiger charge is 2.21. The van der Waals surface area contributed by atoms with Crippen LogP contribution in [0.3, 0.4) is 0 Å². The number of aryl methyl sites for hydroxylation is 1. The molecule has 0 aliphatic carbocycles. The Hall–Kier alpha value is -2.69. The molecule has 0 fully saturated rings. The Morgan fingerprint density at radius 1 is 1.08 bits per heavy atom. The first-order valence-electron chi connectivity index (χ1n) is 8.70. The van der Waals surface area contributed by atoms with Gasteiger partial charge < -0.3 is 9.72 Å². The van der Waals surface area contributed by atoms with E-state index < -0.39 is 5.97 Å². The van der Waals surface area contributed by atoms with Crippen LogP contribution in [0.25, 0.3) is 0 Å². The van der Waals surface area contributed by atoms with E-state index >= 15 is 0 Å². The summed E-state index contributed by atoms with van der Waals surface area (Å²) in [6.07, 6.45) is 0.942. The summed E-state index contributed by atoms with van der Waals surface area (Å²) in [7, 11) is 0. The maximum atomic E-state index is 12.3. The van der Waals surface area contributed by atoms with Crippen LogP contribution in [0.2, 0.25) is 0 Å². The molecule has 0 saturated carbocycles. The van der Waals surface area contributed by atoms with Crippen molar-refractivity contribution >= 4 is 17.5 Å². The highest BCUT2D eigenvalue weighted by atomic mass is 16.5. The molecule has 0 spiro atoms. The standard InChI is InChI=1S/C21H25NO4/c1-12(2)10-16-6-8-17(9-7-16)21(25)26-11-18(24)20-13(3)19(15(5)23)14(4)22-20/h6-9,12,22H,10-11H2,1-5H3. The highest BCUT2D eigenvalue weighted by molar-refractivity contribution is 6.04. The Labute approximate surface area is 153 Å². The monoisotopic (exact) mass is 355 g/mol. The summed E-state index contributed by atoms with van der Waals surface area (Å²) in [4.78, 5) is 39.1. The van der Waals surface area contributed by atoms with Gasteiger partial charge in [-0.1, -0.05) is 26.0 Å². The smallest absolute Gasteiger partial charge is 0.338 e. The maximum Gasteiger partial charge on any atom is 0.338 e. The van der Waals surface area contributed by atoms with Crippen LogP contribution in [-0.4, -0.2) is 29.1 Å². The van der Waals surface area contributed by atoms with E-state index in [2.05, 4.69) is 18.8 Å². The molecular formula is C21H25NO4. The van der Waals surface area contributed by atoms with Crippen molar-refractivity contribution in [2.75, 3.05) is 6.61 Å². The number of ketones is 2. The average molecular weight is 355 g/mol. The molecule has 1 aromatic heterocycles. The van der Waals surface area contributed by atoms with E-state index in [-0.39, 0.29) is 18.2 Å². The van der Waals surface area contributed by atoms with Crippen LogP contribution in [0, 0.1) is 19.8 Å². The van der Waals surface area contributed by atoms with Gasteiger partial charge in [0.15, 0.2) is 12.4 Å². The zero-order valence-electron chi connectivity index (χ0n) is 15.9. The van der Waals surface area contributed by atoms with E-state index in [0.29, 0.717) is 34.0 Å². The van der Waals surface area contributed by atoms with Gasteiger partial charge in [-0.2, -0.15) is 0 Å². The van der Waals surface area contributed by atoms with Crippen LogP contribution < -0.4 is 0 Å². The zero-order chi connectivity index (χ0) is 19.4. The fourth-order valence-corrected chi connectivity index (χ4v) is 3.09. The van der Waals surface area contributed by atoms with E-state index in [9.17, 15) is 14.4 Å². The number of aromatic nitrogens is 1. The van der Waals surface area contributed by atoms with Gasteiger partial charge in [-0.25, -0.2) is 4.79 Å². The molecule has 0 aliphatic heterocycles.